The number of hydrogen-bond acceptors (Lipinski definition) is 8. The van der Waals surface area contributed by atoms with E-state index in [4.69, 9.17) is 18.3 Å². The summed E-state index contributed by atoms with van der Waals surface area (Å²) in [4.78, 5) is 26.0. The number of methoxy groups -OCH3 is 2. The molecule has 0 amide bonds. The Morgan fingerprint density at radius 2 is 1.32 bits per heavy atom. The highest BCUT2D eigenvalue weighted by molar-refractivity contribution is 5.98. The van der Waals surface area contributed by atoms with Crippen LogP contribution in [0.3, 0.4) is 0 Å². The molecule has 0 unspecified atom stereocenters. The van der Waals surface area contributed by atoms with E-state index >= 15 is 0 Å². The summed E-state index contributed by atoms with van der Waals surface area (Å²) < 4.78 is 23.2. The van der Waals surface area contributed by atoms with Crippen LogP contribution in [0.2, 0.25) is 0 Å². The van der Waals surface area contributed by atoms with Crippen molar-refractivity contribution >= 4 is 21.9 Å². The van der Waals surface area contributed by atoms with Crippen LogP contribution in [0.15, 0.2) is 103 Å². The molecule has 0 spiro atoms. The molecule has 8 heteroatoms. The third kappa shape index (κ3) is 4.21. The van der Waals surface area contributed by atoms with Crippen LogP contribution in [-0.2, 0) is 0 Å². The SMILES string of the molecule is COc1ccc2c(=O)cc(-c3ccc(OC)c(-c4c(O)ccc5c(=O)cc(-c6ccc(O)cc6)oc45)c3)oc2c1. The number of rotatable bonds is 5. The van der Waals surface area contributed by atoms with Crippen LogP contribution in [0.4, 0.5) is 0 Å². The van der Waals surface area contributed by atoms with Gasteiger partial charge in [-0.2, -0.15) is 0 Å². The van der Waals surface area contributed by atoms with E-state index in [0.717, 1.165) is 0 Å². The average molecular weight is 535 g/mol. The lowest BCUT2D eigenvalue weighted by atomic mass is 9.97. The van der Waals surface area contributed by atoms with Gasteiger partial charge in [0.25, 0.3) is 0 Å². The number of ether oxygens (including phenoxy) is 2. The van der Waals surface area contributed by atoms with Crippen molar-refractivity contribution in [1.82, 2.24) is 0 Å². The molecule has 0 aliphatic heterocycles. The second-order valence-corrected chi connectivity index (χ2v) is 9.11. The largest absolute Gasteiger partial charge is 0.508 e. The minimum absolute atomic E-state index is 0.0746. The maximum Gasteiger partial charge on any atom is 0.193 e. The van der Waals surface area contributed by atoms with Crippen molar-refractivity contribution in [2.75, 3.05) is 14.2 Å². The van der Waals surface area contributed by atoms with E-state index in [1.807, 2.05) is 0 Å². The molecule has 4 aromatic carbocycles. The van der Waals surface area contributed by atoms with Gasteiger partial charge < -0.3 is 28.5 Å². The zero-order chi connectivity index (χ0) is 28.0. The van der Waals surface area contributed by atoms with Crippen molar-refractivity contribution in [3.63, 3.8) is 0 Å². The first kappa shape index (κ1) is 24.8. The van der Waals surface area contributed by atoms with Gasteiger partial charge in [0.05, 0.1) is 30.6 Å². The minimum atomic E-state index is -0.310. The predicted octanol–water partition coefficient (Wildman–Crippen LogP) is 6.33. The quantitative estimate of drug-likeness (QED) is 0.263. The van der Waals surface area contributed by atoms with E-state index in [9.17, 15) is 19.8 Å². The van der Waals surface area contributed by atoms with Gasteiger partial charge in [0.15, 0.2) is 10.9 Å². The fraction of sp³-hybridized carbons (Fsp3) is 0.0625. The summed E-state index contributed by atoms with van der Waals surface area (Å²) in [6.07, 6.45) is 0. The summed E-state index contributed by atoms with van der Waals surface area (Å²) in [6, 6.07) is 22.0. The van der Waals surface area contributed by atoms with Crippen molar-refractivity contribution in [3.05, 3.63) is 105 Å². The van der Waals surface area contributed by atoms with Crippen molar-refractivity contribution in [2.24, 2.45) is 0 Å². The Kier molecular flexibility index (Phi) is 6.00. The van der Waals surface area contributed by atoms with E-state index < -0.39 is 0 Å². The van der Waals surface area contributed by atoms with Gasteiger partial charge in [-0.05, 0) is 66.7 Å². The Bertz CT molecular complexity index is 2030. The molecule has 0 fully saturated rings. The number of fused-ring (bicyclic) bond motifs is 2. The normalized spacial score (nSPS) is 11.2. The predicted molar refractivity (Wildman–Crippen MR) is 151 cm³/mol. The number of phenolic OH excluding ortho intramolecular Hbond substituents is 2. The molecule has 0 aliphatic rings. The first-order valence-corrected chi connectivity index (χ1v) is 12.3. The van der Waals surface area contributed by atoms with Crippen LogP contribution in [0.5, 0.6) is 23.0 Å². The van der Waals surface area contributed by atoms with Crippen LogP contribution < -0.4 is 20.3 Å². The smallest absolute Gasteiger partial charge is 0.193 e. The van der Waals surface area contributed by atoms with Gasteiger partial charge in [0.1, 0.15) is 45.7 Å². The summed E-state index contributed by atoms with van der Waals surface area (Å²) >= 11 is 0. The Labute approximate surface area is 226 Å². The van der Waals surface area contributed by atoms with Crippen LogP contribution in [0.1, 0.15) is 0 Å². The summed E-state index contributed by atoms with van der Waals surface area (Å²) in [7, 11) is 3.02. The Hall–Kier alpha value is -5.50. The summed E-state index contributed by atoms with van der Waals surface area (Å²) in [5, 5.41) is 21.4. The molecule has 0 bridgehead atoms. The highest BCUT2D eigenvalue weighted by Gasteiger charge is 2.20. The summed E-state index contributed by atoms with van der Waals surface area (Å²) in [5.41, 5.74) is 1.73. The Morgan fingerprint density at radius 3 is 2.05 bits per heavy atom. The first-order valence-electron chi connectivity index (χ1n) is 12.3. The van der Waals surface area contributed by atoms with Gasteiger partial charge in [-0.15, -0.1) is 0 Å². The Morgan fingerprint density at radius 1 is 0.650 bits per heavy atom. The second-order valence-electron chi connectivity index (χ2n) is 9.11. The number of benzene rings is 4. The van der Waals surface area contributed by atoms with Crippen LogP contribution >= 0.6 is 0 Å². The molecule has 40 heavy (non-hydrogen) atoms. The summed E-state index contributed by atoms with van der Waals surface area (Å²) in [5.74, 6) is 1.43. The van der Waals surface area contributed by atoms with Crippen molar-refractivity contribution in [3.8, 4) is 56.8 Å². The second kappa shape index (κ2) is 9.67. The number of aromatic hydroxyl groups is 2. The molecule has 0 saturated heterocycles. The molecule has 198 valence electrons. The van der Waals surface area contributed by atoms with Gasteiger partial charge in [-0.1, -0.05) is 0 Å². The van der Waals surface area contributed by atoms with E-state index in [2.05, 4.69) is 0 Å². The molecule has 0 aliphatic carbocycles. The molecule has 0 radical (unpaired) electrons. The van der Waals surface area contributed by atoms with Gasteiger partial charge in [0.2, 0.25) is 0 Å². The van der Waals surface area contributed by atoms with Crippen molar-refractivity contribution < 1.29 is 28.5 Å². The topological polar surface area (TPSA) is 119 Å². The molecule has 8 nitrogen and oxygen atoms in total. The lowest BCUT2D eigenvalue weighted by Crippen LogP contribution is -2.02. The van der Waals surface area contributed by atoms with E-state index in [1.54, 1.807) is 48.5 Å². The molecule has 6 rings (SSSR count). The third-order valence-electron chi connectivity index (χ3n) is 6.72. The fourth-order valence-corrected chi connectivity index (χ4v) is 4.70. The molecule has 2 aromatic heterocycles. The fourth-order valence-electron chi connectivity index (χ4n) is 4.70. The van der Waals surface area contributed by atoms with Crippen LogP contribution in [0, 0.1) is 0 Å². The molecule has 2 heterocycles. The molecule has 0 saturated carbocycles. The molecular formula is C32H22O8. The van der Waals surface area contributed by atoms with E-state index in [1.165, 1.54) is 50.6 Å². The maximum atomic E-state index is 13.1. The standard InChI is InChI=1S/C32H22O8/c1-37-20-8-9-21-25(35)15-29(39-30(21)14-20)18-5-12-27(38-2)23(13-18)31-24(34)11-10-22-26(36)16-28(40-32(22)31)17-3-6-19(33)7-4-17/h3-16,33-34H,1-2H3. The van der Waals surface area contributed by atoms with Crippen molar-refractivity contribution in [2.45, 2.75) is 0 Å². The average Bonchev–Trinajstić information content (AvgIpc) is 2.96. The first-order chi connectivity index (χ1) is 19.4. The summed E-state index contributed by atoms with van der Waals surface area (Å²) in [6.45, 7) is 0. The number of phenols is 2. The molecule has 2 N–H and O–H groups in total. The van der Waals surface area contributed by atoms with Gasteiger partial charge in [-0.25, -0.2) is 0 Å². The molecule has 0 atom stereocenters. The Balaban J connectivity index is 1.59. The monoisotopic (exact) mass is 534 g/mol. The van der Waals surface area contributed by atoms with Crippen LogP contribution in [-0.4, -0.2) is 24.4 Å². The lowest BCUT2D eigenvalue weighted by molar-refractivity contribution is 0.414. The van der Waals surface area contributed by atoms with Gasteiger partial charge in [-0.3, -0.25) is 9.59 Å². The van der Waals surface area contributed by atoms with E-state index in [0.29, 0.717) is 44.9 Å². The van der Waals surface area contributed by atoms with Gasteiger partial charge in [0, 0.05) is 34.9 Å². The van der Waals surface area contributed by atoms with Crippen LogP contribution in [0.25, 0.3) is 55.7 Å². The third-order valence-corrected chi connectivity index (χ3v) is 6.72. The van der Waals surface area contributed by atoms with Gasteiger partial charge >= 0.3 is 0 Å². The highest BCUT2D eigenvalue weighted by atomic mass is 16.5. The zero-order valence-electron chi connectivity index (χ0n) is 21.4. The minimum Gasteiger partial charge on any atom is -0.508 e. The lowest BCUT2D eigenvalue weighted by Gasteiger charge is -2.15. The maximum absolute atomic E-state index is 13.1. The van der Waals surface area contributed by atoms with E-state index in [-0.39, 0.29) is 44.6 Å². The number of hydrogen-bond donors (Lipinski definition) is 2. The highest BCUT2D eigenvalue weighted by Crippen LogP contribution is 2.43. The zero-order valence-corrected chi connectivity index (χ0v) is 21.4. The molecule has 6 aromatic rings. The molecular weight excluding hydrogens is 512 g/mol. The van der Waals surface area contributed by atoms with Crippen molar-refractivity contribution in [1.29, 1.82) is 0 Å².